The van der Waals surface area contributed by atoms with Gasteiger partial charge in [-0.05, 0) is 31.0 Å². The van der Waals surface area contributed by atoms with Crippen LogP contribution in [0.1, 0.15) is 25.8 Å². The highest BCUT2D eigenvalue weighted by atomic mass is 19.1. The van der Waals surface area contributed by atoms with Crippen molar-refractivity contribution >= 4 is 17.8 Å². The Morgan fingerprint density at radius 1 is 1.26 bits per heavy atom. The fraction of sp³-hybridized carbons (Fsp3) is 0.438. The first-order chi connectivity index (χ1) is 10.8. The average molecular weight is 325 g/mol. The van der Waals surface area contributed by atoms with E-state index in [1.165, 1.54) is 24.3 Å². The van der Waals surface area contributed by atoms with Gasteiger partial charge < -0.3 is 15.2 Å². The zero-order chi connectivity index (χ0) is 17.4. The Morgan fingerprint density at radius 2 is 1.87 bits per heavy atom. The van der Waals surface area contributed by atoms with Crippen LogP contribution in [0.15, 0.2) is 24.3 Å². The Kier molecular flexibility index (Phi) is 7.18. The van der Waals surface area contributed by atoms with Gasteiger partial charge in [-0.25, -0.2) is 9.18 Å². The van der Waals surface area contributed by atoms with E-state index < -0.39 is 35.6 Å². The second kappa shape index (κ2) is 8.87. The smallest absolute Gasteiger partial charge is 0.326 e. The van der Waals surface area contributed by atoms with Crippen LogP contribution in [0, 0.1) is 11.7 Å². The number of nitrogens with one attached hydrogen (secondary N) is 1. The maximum absolute atomic E-state index is 12.8. The zero-order valence-corrected chi connectivity index (χ0v) is 13.0. The molecule has 0 bridgehead atoms. The van der Waals surface area contributed by atoms with Crippen LogP contribution < -0.4 is 5.32 Å². The number of rotatable bonds is 8. The molecule has 0 saturated carbocycles. The molecule has 0 fully saturated rings. The summed E-state index contributed by atoms with van der Waals surface area (Å²) in [5.41, 5.74) is 0.562. The molecule has 23 heavy (non-hydrogen) atoms. The second-order valence-corrected chi connectivity index (χ2v) is 5.15. The third kappa shape index (κ3) is 6.46. The summed E-state index contributed by atoms with van der Waals surface area (Å²) in [5, 5.41) is 11.5. The Balaban J connectivity index is 2.61. The summed E-state index contributed by atoms with van der Waals surface area (Å²) in [6, 6.07) is 4.15. The third-order valence-electron chi connectivity index (χ3n) is 3.19. The number of carboxylic acids is 1. The van der Waals surface area contributed by atoms with Crippen LogP contribution in [0.2, 0.25) is 0 Å². The molecule has 0 aliphatic heterocycles. The summed E-state index contributed by atoms with van der Waals surface area (Å²) < 4.78 is 17.6. The fourth-order valence-corrected chi connectivity index (χ4v) is 1.99. The number of esters is 1. The zero-order valence-electron chi connectivity index (χ0n) is 13.0. The average Bonchev–Trinajstić information content (AvgIpc) is 2.49. The van der Waals surface area contributed by atoms with E-state index in [-0.39, 0.29) is 19.4 Å². The van der Waals surface area contributed by atoms with Gasteiger partial charge in [0.2, 0.25) is 5.91 Å². The van der Waals surface area contributed by atoms with Crippen molar-refractivity contribution in [2.24, 2.45) is 5.92 Å². The summed E-state index contributed by atoms with van der Waals surface area (Å²) in [4.78, 5) is 34.7. The highest BCUT2D eigenvalue weighted by Crippen LogP contribution is 2.10. The lowest BCUT2D eigenvalue weighted by Crippen LogP contribution is -2.43. The lowest BCUT2D eigenvalue weighted by atomic mass is 10.0. The van der Waals surface area contributed by atoms with E-state index in [1.54, 1.807) is 13.8 Å². The van der Waals surface area contributed by atoms with Gasteiger partial charge in [0.25, 0.3) is 0 Å². The number of hydrogen-bond acceptors (Lipinski definition) is 4. The third-order valence-corrected chi connectivity index (χ3v) is 3.19. The molecule has 7 heteroatoms. The van der Waals surface area contributed by atoms with Crippen LogP contribution in [-0.2, 0) is 25.5 Å². The number of benzene rings is 1. The van der Waals surface area contributed by atoms with Crippen LogP contribution in [0.3, 0.4) is 0 Å². The first kappa shape index (κ1) is 18.6. The number of ether oxygens (including phenoxy) is 1. The second-order valence-electron chi connectivity index (χ2n) is 5.15. The minimum absolute atomic E-state index is 0.0661. The van der Waals surface area contributed by atoms with E-state index in [9.17, 15) is 18.8 Å². The fourth-order valence-electron chi connectivity index (χ4n) is 1.99. The van der Waals surface area contributed by atoms with Crippen LogP contribution in [-0.4, -0.2) is 35.6 Å². The van der Waals surface area contributed by atoms with Gasteiger partial charge in [0.1, 0.15) is 11.9 Å². The maximum Gasteiger partial charge on any atom is 0.326 e. The SMILES string of the molecule is CCOC(=O)[C@H](C)C[C@@H](NC(=O)Cc1ccc(F)cc1)C(=O)O. The normalized spacial score (nSPS) is 13.0. The molecule has 0 aromatic heterocycles. The predicted molar refractivity (Wildman–Crippen MR) is 80.1 cm³/mol. The molecule has 1 aromatic carbocycles. The lowest BCUT2D eigenvalue weighted by Gasteiger charge is -2.18. The Bertz CT molecular complexity index is 558. The van der Waals surface area contributed by atoms with Gasteiger partial charge in [-0.15, -0.1) is 0 Å². The molecule has 1 rings (SSSR count). The number of hydrogen-bond donors (Lipinski definition) is 2. The van der Waals surface area contributed by atoms with Gasteiger partial charge in [0.15, 0.2) is 0 Å². The Morgan fingerprint density at radius 3 is 2.39 bits per heavy atom. The number of carboxylic acid groups (broad SMARTS) is 1. The molecule has 0 heterocycles. The topological polar surface area (TPSA) is 92.7 Å². The number of carbonyl (C=O) groups excluding carboxylic acids is 2. The Hall–Kier alpha value is -2.44. The van der Waals surface area contributed by atoms with E-state index in [0.29, 0.717) is 5.56 Å². The maximum atomic E-state index is 12.8. The molecule has 1 aromatic rings. The standard InChI is InChI=1S/C16H20FNO5/c1-3-23-16(22)10(2)8-13(15(20)21)18-14(19)9-11-4-6-12(17)7-5-11/h4-7,10,13H,3,8-9H2,1-2H3,(H,18,19)(H,20,21)/t10-,13-/m1/s1. The van der Waals surface area contributed by atoms with Crippen LogP contribution >= 0.6 is 0 Å². The highest BCUT2D eigenvalue weighted by Gasteiger charge is 2.26. The minimum Gasteiger partial charge on any atom is -0.480 e. The van der Waals surface area contributed by atoms with Crippen LogP contribution in [0.5, 0.6) is 0 Å². The number of aliphatic carboxylic acids is 1. The molecular formula is C16H20FNO5. The predicted octanol–water partition coefficient (Wildman–Crippen LogP) is 1.53. The van der Waals surface area contributed by atoms with Crippen molar-refractivity contribution in [2.75, 3.05) is 6.61 Å². The molecule has 1 amide bonds. The molecular weight excluding hydrogens is 305 g/mol. The minimum atomic E-state index is -1.23. The monoisotopic (exact) mass is 325 g/mol. The summed E-state index contributed by atoms with van der Waals surface area (Å²) in [5.74, 6) is -3.32. The van der Waals surface area contributed by atoms with Crippen molar-refractivity contribution in [2.45, 2.75) is 32.7 Å². The van der Waals surface area contributed by atoms with Crippen molar-refractivity contribution in [1.29, 1.82) is 0 Å². The van der Waals surface area contributed by atoms with Crippen molar-refractivity contribution in [3.63, 3.8) is 0 Å². The van der Waals surface area contributed by atoms with Gasteiger partial charge in [-0.2, -0.15) is 0 Å². The van der Waals surface area contributed by atoms with Crippen LogP contribution in [0.25, 0.3) is 0 Å². The summed E-state index contributed by atoms with van der Waals surface area (Å²) in [6.07, 6.45) is -0.138. The molecule has 0 saturated heterocycles. The molecule has 2 N–H and O–H groups in total. The summed E-state index contributed by atoms with van der Waals surface area (Å²) >= 11 is 0. The van der Waals surface area contributed by atoms with Crippen molar-refractivity contribution in [3.05, 3.63) is 35.6 Å². The summed E-state index contributed by atoms with van der Waals surface area (Å²) in [6.45, 7) is 3.40. The molecule has 0 radical (unpaired) electrons. The van der Waals surface area contributed by atoms with Crippen molar-refractivity contribution in [1.82, 2.24) is 5.32 Å². The molecule has 0 aliphatic rings. The van der Waals surface area contributed by atoms with Crippen LogP contribution in [0.4, 0.5) is 4.39 Å². The van der Waals surface area contributed by atoms with Gasteiger partial charge in [0, 0.05) is 0 Å². The first-order valence-electron chi connectivity index (χ1n) is 7.26. The van der Waals surface area contributed by atoms with Gasteiger partial charge in [0.05, 0.1) is 18.9 Å². The van der Waals surface area contributed by atoms with Crippen molar-refractivity contribution in [3.8, 4) is 0 Å². The molecule has 0 unspecified atom stereocenters. The van der Waals surface area contributed by atoms with E-state index in [0.717, 1.165) is 0 Å². The highest BCUT2D eigenvalue weighted by molar-refractivity contribution is 5.85. The molecule has 2 atom stereocenters. The molecule has 126 valence electrons. The number of amides is 1. The molecule has 0 spiro atoms. The van der Waals surface area contributed by atoms with E-state index >= 15 is 0 Å². The first-order valence-corrected chi connectivity index (χ1v) is 7.26. The van der Waals surface area contributed by atoms with Gasteiger partial charge >= 0.3 is 11.9 Å². The lowest BCUT2D eigenvalue weighted by molar-refractivity contribution is -0.149. The molecule has 6 nitrogen and oxygen atoms in total. The van der Waals surface area contributed by atoms with Gasteiger partial charge in [-0.1, -0.05) is 19.1 Å². The molecule has 0 aliphatic carbocycles. The van der Waals surface area contributed by atoms with E-state index in [2.05, 4.69) is 5.32 Å². The van der Waals surface area contributed by atoms with E-state index in [1.807, 2.05) is 0 Å². The van der Waals surface area contributed by atoms with E-state index in [4.69, 9.17) is 9.84 Å². The van der Waals surface area contributed by atoms with Gasteiger partial charge in [-0.3, -0.25) is 9.59 Å². The quantitative estimate of drug-likeness (QED) is 0.707. The number of carbonyl (C=O) groups is 3. The van der Waals surface area contributed by atoms with Crippen molar-refractivity contribution < 1.29 is 28.6 Å². The number of halogens is 1. The Labute approximate surface area is 133 Å². The largest absolute Gasteiger partial charge is 0.480 e. The summed E-state index contributed by atoms with van der Waals surface area (Å²) in [7, 11) is 0.